The first-order valence-electron chi connectivity index (χ1n) is 7.12. The van der Waals surface area contributed by atoms with Crippen LogP contribution < -0.4 is 4.90 Å². The standard InChI is InChI=1S/C14H22N6/c1-5-12-13(6-2)17-18-14(16-12)20(7-3)10-11-8-15-19(4)9-11/h8-9H,5-7,10H2,1-4H3. The highest BCUT2D eigenvalue weighted by atomic mass is 15.3. The first kappa shape index (κ1) is 14.4. The normalized spacial score (nSPS) is 10.8. The lowest BCUT2D eigenvalue weighted by Gasteiger charge is -2.20. The van der Waals surface area contributed by atoms with E-state index >= 15 is 0 Å². The Balaban J connectivity index is 2.22. The predicted octanol–water partition coefficient (Wildman–Crippen LogP) is 1.76. The van der Waals surface area contributed by atoms with Crippen molar-refractivity contribution in [3.05, 3.63) is 29.3 Å². The topological polar surface area (TPSA) is 59.7 Å². The largest absolute Gasteiger partial charge is 0.335 e. The molecule has 0 N–H and O–H groups in total. The van der Waals surface area contributed by atoms with Crippen LogP contribution in [0.25, 0.3) is 0 Å². The molecule has 0 unspecified atom stereocenters. The maximum absolute atomic E-state index is 4.66. The molecule has 0 aromatic carbocycles. The third-order valence-electron chi connectivity index (χ3n) is 3.29. The van der Waals surface area contributed by atoms with Gasteiger partial charge in [0.05, 0.1) is 17.6 Å². The zero-order valence-corrected chi connectivity index (χ0v) is 12.7. The highest BCUT2D eigenvalue weighted by molar-refractivity contribution is 5.31. The molecule has 2 aromatic rings. The zero-order valence-electron chi connectivity index (χ0n) is 12.7. The molecular formula is C14H22N6. The SMILES string of the molecule is CCc1nnc(N(CC)Cc2cnn(C)c2)nc1CC. The minimum atomic E-state index is 0.699. The third-order valence-corrected chi connectivity index (χ3v) is 3.29. The van der Waals surface area contributed by atoms with Crippen LogP contribution in [0, 0.1) is 0 Å². The first-order chi connectivity index (χ1) is 9.67. The summed E-state index contributed by atoms with van der Waals surface area (Å²) >= 11 is 0. The van der Waals surface area contributed by atoms with Gasteiger partial charge < -0.3 is 4.90 Å². The van der Waals surface area contributed by atoms with Gasteiger partial charge in [-0.2, -0.15) is 10.2 Å². The van der Waals surface area contributed by atoms with Crippen molar-refractivity contribution in [2.75, 3.05) is 11.4 Å². The third kappa shape index (κ3) is 3.12. The molecule has 0 aliphatic heterocycles. The summed E-state index contributed by atoms with van der Waals surface area (Å²) in [5.74, 6) is 0.699. The minimum Gasteiger partial charge on any atom is -0.335 e. The highest BCUT2D eigenvalue weighted by Gasteiger charge is 2.13. The van der Waals surface area contributed by atoms with Gasteiger partial charge >= 0.3 is 0 Å². The summed E-state index contributed by atoms with van der Waals surface area (Å²) in [6, 6.07) is 0. The van der Waals surface area contributed by atoms with Gasteiger partial charge in [0.2, 0.25) is 5.95 Å². The maximum atomic E-state index is 4.66. The fourth-order valence-corrected chi connectivity index (χ4v) is 2.16. The van der Waals surface area contributed by atoms with E-state index in [-0.39, 0.29) is 0 Å². The summed E-state index contributed by atoms with van der Waals surface area (Å²) in [7, 11) is 1.92. The van der Waals surface area contributed by atoms with E-state index in [1.54, 1.807) is 4.68 Å². The van der Waals surface area contributed by atoms with E-state index < -0.39 is 0 Å². The maximum Gasteiger partial charge on any atom is 0.245 e. The van der Waals surface area contributed by atoms with Crippen LogP contribution in [0.2, 0.25) is 0 Å². The second-order valence-corrected chi connectivity index (χ2v) is 4.75. The van der Waals surface area contributed by atoms with E-state index in [9.17, 15) is 0 Å². The average Bonchev–Trinajstić information content (AvgIpc) is 2.89. The van der Waals surface area contributed by atoms with E-state index in [4.69, 9.17) is 0 Å². The van der Waals surface area contributed by atoms with Gasteiger partial charge in [-0.3, -0.25) is 4.68 Å². The summed E-state index contributed by atoms with van der Waals surface area (Å²) < 4.78 is 1.81. The van der Waals surface area contributed by atoms with Gasteiger partial charge in [0, 0.05) is 31.9 Å². The molecule has 0 saturated heterocycles. The van der Waals surface area contributed by atoms with Crippen molar-refractivity contribution in [2.45, 2.75) is 40.2 Å². The van der Waals surface area contributed by atoms with Gasteiger partial charge in [-0.25, -0.2) is 4.98 Å². The van der Waals surface area contributed by atoms with Gasteiger partial charge in [-0.05, 0) is 19.8 Å². The highest BCUT2D eigenvalue weighted by Crippen LogP contribution is 2.13. The average molecular weight is 274 g/mol. The molecule has 108 valence electrons. The molecule has 6 heteroatoms. The summed E-state index contributed by atoms with van der Waals surface area (Å²) in [6.07, 6.45) is 5.64. The fourth-order valence-electron chi connectivity index (χ4n) is 2.16. The first-order valence-corrected chi connectivity index (χ1v) is 7.12. The lowest BCUT2D eigenvalue weighted by molar-refractivity contribution is 0.735. The van der Waals surface area contributed by atoms with Crippen LogP contribution in [0.15, 0.2) is 12.4 Å². The lowest BCUT2D eigenvalue weighted by atomic mass is 10.2. The van der Waals surface area contributed by atoms with Crippen LogP contribution in [0.4, 0.5) is 5.95 Å². The number of aryl methyl sites for hydroxylation is 3. The Hall–Kier alpha value is -1.98. The van der Waals surface area contributed by atoms with Crippen molar-refractivity contribution in [1.29, 1.82) is 0 Å². The van der Waals surface area contributed by atoms with E-state index in [1.165, 1.54) is 0 Å². The molecule has 0 amide bonds. The summed E-state index contributed by atoms with van der Waals surface area (Å²) in [6.45, 7) is 7.87. The van der Waals surface area contributed by atoms with Crippen LogP contribution in [-0.2, 0) is 26.4 Å². The molecule has 2 aromatic heterocycles. The van der Waals surface area contributed by atoms with E-state index in [1.807, 2.05) is 19.4 Å². The second kappa shape index (κ2) is 6.45. The Bertz CT molecular complexity index is 563. The summed E-state index contributed by atoms with van der Waals surface area (Å²) in [5, 5.41) is 12.8. The molecule has 0 atom stereocenters. The van der Waals surface area contributed by atoms with Gasteiger partial charge in [-0.15, -0.1) is 5.10 Å². The molecule has 0 bridgehead atoms. The van der Waals surface area contributed by atoms with E-state index in [2.05, 4.69) is 46.0 Å². The van der Waals surface area contributed by atoms with Crippen molar-refractivity contribution in [2.24, 2.45) is 7.05 Å². The van der Waals surface area contributed by atoms with Crippen molar-refractivity contribution < 1.29 is 0 Å². The summed E-state index contributed by atoms with van der Waals surface area (Å²) in [5.41, 5.74) is 3.19. The molecule has 0 spiro atoms. The summed E-state index contributed by atoms with van der Waals surface area (Å²) in [4.78, 5) is 6.77. The van der Waals surface area contributed by atoms with Gasteiger partial charge in [0.1, 0.15) is 0 Å². The van der Waals surface area contributed by atoms with Crippen molar-refractivity contribution in [3.63, 3.8) is 0 Å². The fraction of sp³-hybridized carbons (Fsp3) is 0.571. The van der Waals surface area contributed by atoms with Gasteiger partial charge in [0.15, 0.2) is 0 Å². The smallest absolute Gasteiger partial charge is 0.245 e. The molecule has 2 heterocycles. The van der Waals surface area contributed by atoms with E-state index in [0.717, 1.165) is 42.9 Å². The van der Waals surface area contributed by atoms with Crippen molar-refractivity contribution in [1.82, 2.24) is 25.0 Å². The Morgan fingerprint density at radius 2 is 1.85 bits per heavy atom. The molecule has 0 aliphatic carbocycles. The van der Waals surface area contributed by atoms with Crippen LogP contribution in [0.1, 0.15) is 37.7 Å². The molecular weight excluding hydrogens is 252 g/mol. The predicted molar refractivity (Wildman–Crippen MR) is 78.5 cm³/mol. The van der Waals surface area contributed by atoms with Crippen LogP contribution in [0.3, 0.4) is 0 Å². The van der Waals surface area contributed by atoms with E-state index in [0.29, 0.717) is 5.95 Å². The quantitative estimate of drug-likeness (QED) is 0.803. The van der Waals surface area contributed by atoms with Crippen molar-refractivity contribution >= 4 is 5.95 Å². The molecule has 0 aliphatic rings. The van der Waals surface area contributed by atoms with Gasteiger partial charge in [0.25, 0.3) is 0 Å². The number of anilines is 1. The number of nitrogens with zero attached hydrogens (tertiary/aromatic N) is 6. The number of hydrogen-bond donors (Lipinski definition) is 0. The molecule has 0 saturated carbocycles. The number of rotatable bonds is 6. The molecule has 0 fully saturated rings. The van der Waals surface area contributed by atoms with Crippen LogP contribution >= 0.6 is 0 Å². The zero-order chi connectivity index (χ0) is 14.5. The minimum absolute atomic E-state index is 0.699. The molecule has 0 radical (unpaired) electrons. The Kier molecular flexibility index (Phi) is 4.65. The number of hydrogen-bond acceptors (Lipinski definition) is 5. The monoisotopic (exact) mass is 274 g/mol. The Labute approximate surface area is 119 Å². The lowest BCUT2D eigenvalue weighted by Crippen LogP contribution is -2.25. The number of aromatic nitrogens is 5. The molecule has 20 heavy (non-hydrogen) atoms. The molecule has 6 nitrogen and oxygen atoms in total. The van der Waals surface area contributed by atoms with Crippen LogP contribution in [0.5, 0.6) is 0 Å². The Morgan fingerprint density at radius 1 is 1.10 bits per heavy atom. The van der Waals surface area contributed by atoms with Gasteiger partial charge in [-0.1, -0.05) is 13.8 Å². The second-order valence-electron chi connectivity index (χ2n) is 4.75. The van der Waals surface area contributed by atoms with Crippen LogP contribution in [-0.4, -0.2) is 31.5 Å². The Morgan fingerprint density at radius 3 is 2.40 bits per heavy atom. The molecule has 2 rings (SSSR count). The van der Waals surface area contributed by atoms with Crippen molar-refractivity contribution in [3.8, 4) is 0 Å².